The van der Waals surface area contributed by atoms with Crippen molar-refractivity contribution >= 4 is 5.97 Å². The molecule has 0 aliphatic heterocycles. The summed E-state index contributed by atoms with van der Waals surface area (Å²) >= 11 is 0. The molecule has 0 amide bonds. The Morgan fingerprint density at radius 3 is 2.71 bits per heavy atom. The molecular formula is C10H11F3N2O2. The Morgan fingerprint density at radius 2 is 2.24 bits per heavy atom. The topological polar surface area (TPSA) is 44.1 Å². The smallest absolute Gasteiger partial charge is 0.420 e. The molecule has 1 fully saturated rings. The van der Waals surface area contributed by atoms with E-state index in [-0.39, 0.29) is 12.6 Å². The van der Waals surface area contributed by atoms with Crippen LogP contribution in [0.15, 0.2) is 6.20 Å². The highest BCUT2D eigenvalue weighted by molar-refractivity contribution is 5.89. The molecule has 0 aromatic carbocycles. The van der Waals surface area contributed by atoms with Crippen LogP contribution < -0.4 is 0 Å². The summed E-state index contributed by atoms with van der Waals surface area (Å²) in [6, 6.07) is -0.0146. The van der Waals surface area contributed by atoms with Crippen molar-refractivity contribution in [3.05, 3.63) is 17.5 Å². The van der Waals surface area contributed by atoms with Crippen molar-refractivity contribution in [3.63, 3.8) is 0 Å². The van der Waals surface area contributed by atoms with Gasteiger partial charge in [-0.15, -0.1) is 0 Å². The van der Waals surface area contributed by atoms with Gasteiger partial charge in [0.05, 0.1) is 12.6 Å². The van der Waals surface area contributed by atoms with Crippen LogP contribution in [-0.4, -0.2) is 22.4 Å². The molecule has 1 heterocycles. The Labute approximate surface area is 95.4 Å². The summed E-state index contributed by atoms with van der Waals surface area (Å²) in [6.45, 7) is 1.55. The van der Waals surface area contributed by atoms with Gasteiger partial charge >= 0.3 is 12.1 Å². The predicted molar refractivity (Wildman–Crippen MR) is 51.5 cm³/mol. The van der Waals surface area contributed by atoms with E-state index in [2.05, 4.69) is 9.84 Å². The third-order valence-corrected chi connectivity index (χ3v) is 2.43. The number of alkyl halides is 3. The van der Waals surface area contributed by atoms with Crippen molar-refractivity contribution < 1.29 is 22.7 Å². The quantitative estimate of drug-likeness (QED) is 0.771. The molecule has 4 nitrogen and oxygen atoms in total. The van der Waals surface area contributed by atoms with Gasteiger partial charge in [-0.25, -0.2) is 4.79 Å². The van der Waals surface area contributed by atoms with Crippen LogP contribution in [0.1, 0.15) is 41.9 Å². The monoisotopic (exact) mass is 248 g/mol. The molecule has 1 aliphatic rings. The summed E-state index contributed by atoms with van der Waals surface area (Å²) in [5.41, 5.74) is -1.67. The molecule has 0 saturated heterocycles. The summed E-state index contributed by atoms with van der Waals surface area (Å²) in [5, 5.41) is 3.68. The highest BCUT2D eigenvalue weighted by Crippen LogP contribution is 2.38. The zero-order chi connectivity index (χ0) is 12.6. The second kappa shape index (κ2) is 4.05. The van der Waals surface area contributed by atoms with E-state index in [1.54, 1.807) is 0 Å². The first-order chi connectivity index (χ1) is 7.93. The van der Waals surface area contributed by atoms with Gasteiger partial charge in [-0.2, -0.15) is 18.3 Å². The fourth-order valence-electron chi connectivity index (χ4n) is 1.48. The minimum Gasteiger partial charge on any atom is -0.461 e. The van der Waals surface area contributed by atoms with Crippen LogP contribution in [0.25, 0.3) is 0 Å². The molecule has 7 heteroatoms. The molecule has 0 spiro atoms. The van der Waals surface area contributed by atoms with Crippen molar-refractivity contribution in [2.45, 2.75) is 32.0 Å². The first-order valence-corrected chi connectivity index (χ1v) is 5.27. The first-order valence-electron chi connectivity index (χ1n) is 5.27. The highest BCUT2D eigenvalue weighted by Gasteiger charge is 2.40. The lowest BCUT2D eigenvalue weighted by Gasteiger charge is -2.05. The molecular weight excluding hydrogens is 237 g/mol. The number of nitrogens with zero attached hydrogens (tertiary/aromatic N) is 2. The van der Waals surface area contributed by atoms with Gasteiger partial charge in [0.25, 0.3) is 0 Å². The second-order valence-electron chi connectivity index (χ2n) is 3.82. The van der Waals surface area contributed by atoms with Gasteiger partial charge in [0.15, 0.2) is 5.69 Å². The number of carbonyl (C=O) groups excluding carboxylic acids is 1. The Kier molecular flexibility index (Phi) is 2.84. The number of ether oxygens (including phenoxy) is 1. The lowest BCUT2D eigenvalue weighted by molar-refractivity contribution is -0.138. The SMILES string of the molecule is CCOC(=O)c1nn(C2CC2)cc1C(F)(F)F. The summed E-state index contributed by atoms with van der Waals surface area (Å²) in [4.78, 5) is 11.4. The lowest BCUT2D eigenvalue weighted by atomic mass is 10.2. The van der Waals surface area contributed by atoms with Crippen molar-refractivity contribution in [1.29, 1.82) is 0 Å². The maximum atomic E-state index is 12.7. The Morgan fingerprint density at radius 1 is 1.59 bits per heavy atom. The molecule has 1 aliphatic carbocycles. The number of hydrogen-bond donors (Lipinski definition) is 0. The van der Waals surface area contributed by atoms with Gasteiger partial charge in [0.2, 0.25) is 0 Å². The lowest BCUT2D eigenvalue weighted by Crippen LogP contribution is -2.14. The van der Waals surface area contributed by atoms with Gasteiger partial charge < -0.3 is 4.74 Å². The molecule has 0 bridgehead atoms. The van der Waals surface area contributed by atoms with Gasteiger partial charge in [0.1, 0.15) is 5.56 Å². The minimum atomic E-state index is -4.59. The molecule has 1 aromatic rings. The normalized spacial score (nSPS) is 16.0. The van der Waals surface area contributed by atoms with Crippen LogP contribution in [-0.2, 0) is 10.9 Å². The average Bonchev–Trinajstić information content (AvgIpc) is 2.95. The molecule has 17 heavy (non-hydrogen) atoms. The second-order valence-corrected chi connectivity index (χ2v) is 3.82. The Balaban J connectivity index is 2.37. The van der Waals surface area contributed by atoms with E-state index in [1.165, 1.54) is 11.6 Å². The van der Waals surface area contributed by atoms with Crippen LogP contribution in [0, 0.1) is 0 Å². The van der Waals surface area contributed by atoms with Crippen molar-refractivity contribution in [1.82, 2.24) is 9.78 Å². The molecule has 0 atom stereocenters. The zero-order valence-corrected chi connectivity index (χ0v) is 9.12. The fourth-order valence-corrected chi connectivity index (χ4v) is 1.48. The number of esters is 1. The Bertz CT molecular complexity index is 435. The minimum absolute atomic E-state index is 0.0146. The van der Waals surface area contributed by atoms with Crippen molar-refractivity contribution in [2.24, 2.45) is 0 Å². The summed E-state index contributed by atoms with van der Waals surface area (Å²) in [5.74, 6) is -1.03. The number of hydrogen-bond acceptors (Lipinski definition) is 3. The number of rotatable bonds is 3. The molecule has 0 N–H and O–H groups in total. The summed E-state index contributed by atoms with van der Waals surface area (Å²) < 4.78 is 43.8. The van der Waals surface area contributed by atoms with Crippen molar-refractivity contribution in [2.75, 3.05) is 6.61 Å². The molecule has 1 saturated carbocycles. The maximum Gasteiger partial charge on any atom is 0.420 e. The van der Waals surface area contributed by atoms with Crippen LogP contribution in [0.5, 0.6) is 0 Å². The van der Waals surface area contributed by atoms with E-state index in [0.717, 1.165) is 19.0 Å². The summed E-state index contributed by atoms with van der Waals surface area (Å²) in [6.07, 6.45) is -2.12. The third-order valence-electron chi connectivity index (χ3n) is 2.43. The fraction of sp³-hybridized carbons (Fsp3) is 0.600. The number of carbonyl (C=O) groups is 1. The third kappa shape index (κ3) is 2.42. The summed E-state index contributed by atoms with van der Waals surface area (Å²) in [7, 11) is 0. The van der Waals surface area contributed by atoms with Crippen LogP contribution in [0.4, 0.5) is 13.2 Å². The highest BCUT2D eigenvalue weighted by atomic mass is 19.4. The largest absolute Gasteiger partial charge is 0.461 e. The first kappa shape index (κ1) is 11.9. The van der Waals surface area contributed by atoms with Gasteiger partial charge in [-0.05, 0) is 19.8 Å². The van der Waals surface area contributed by atoms with Gasteiger partial charge in [-0.1, -0.05) is 0 Å². The standard InChI is InChI=1S/C10H11F3N2O2/c1-2-17-9(16)8-7(10(11,12)13)5-15(14-8)6-3-4-6/h5-6H,2-4H2,1H3. The van der Waals surface area contributed by atoms with E-state index in [9.17, 15) is 18.0 Å². The van der Waals surface area contributed by atoms with Crippen LogP contribution in [0.2, 0.25) is 0 Å². The molecule has 2 rings (SSSR count). The van der Waals surface area contributed by atoms with E-state index in [1.807, 2.05) is 0 Å². The molecule has 0 radical (unpaired) electrons. The molecule has 0 unspecified atom stereocenters. The van der Waals surface area contributed by atoms with Gasteiger partial charge in [0, 0.05) is 6.20 Å². The van der Waals surface area contributed by atoms with Crippen LogP contribution >= 0.6 is 0 Å². The van der Waals surface area contributed by atoms with E-state index >= 15 is 0 Å². The van der Waals surface area contributed by atoms with E-state index in [4.69, 9.17) is 0 Å². The molecule has 94 valence electrons. The maximum absolute atomic E-state index is 12.7. The Hall–Kier alpha value is -1.53. The van der Waals surface area contributed by atoms with E-state index < -0.39 is 23.4 Å². The average molecular weight is 248 g/mol. The zero-order valence-electron chi connectivity index (χ0n) is 9.12. The molecule has 1 aromatic heterocycles. The van der Waals surface area contributed by atoms with Crippen molar-refractivity contribution in [3.8, 4) is 0 Å². The van der Waals surface area contributed by atoms with Gasteiger partial charge in [-0.3, -0.25) is 4.68 Å². The number of aromatic nitrogens is 2. The predicted octanol–water partition coefficient (Wildman–Crippen LogP) is 2.41. The number of halogens is 3. The van der Waals surface area contributed by atoms with Crippen LogP contribution in [0.3, 0.4) is 0 Å². The van der Waals surface area contributed by atoms with E-state index in [0.29, 0.717) is 0 Å².